The molecule has 1 aromatic heterocycles. The summed E-state index contributed by atoms with van der Waals surface area (Å²) in [6.45, 7) is 2.00. The molecule has 0 radical (unpaired) electrons. The normalized spacial score (nSPS) is 21.9. The van der Waals surface area contributed by atoms with E-state index in [4.69, 9.17) is 10.5 Å². The minimum Gasteiger partial charge on any atom is -0.485 e. The monoisotopic (exact) mass is 321 g/mol. The van der Waals surface area contributed by atoms with Gasteiger partial charge in [0.1, 0.15) is 11.9 Å². The number of halogens is 1. The SMILES string of the molecule is Cc1nn(C)cc1C1CC(N)c2ccc(Br)cc2O1. The van der Waals surface area contributed by atoms with Gasteiger partial charge in [0.15, 0.2) is 0 Å². The van der Waals surface area contributed by atoms with Gasteiger partial charge in [0.25, 0.3) is 0 Å². The van der Waals surface area contributed by atoms with E-state index in [2.05, 4.69) is 21.0 Å². The lowest BCUT2D eigenvalue weighted by atomic mass is 9.94. The summed E-state index contributed by atoms with van der Waals surface area (Å²) in [5, 5.41) is 4.37. The van der Waals surface area contributed by atoms with Crippen LogP contribution in [0.2, 0.25) is 0 Å². The van der Waals surface area contributed by atoms with Crippen LogP contribution in [-0.2, 0) is 7.05 Å². The predicted octanol–water partition coefficient (Wildman–Crippen LogP) is 3.01. The van der Waals surface area contributed by atoms with E-state index in [1.54, 1.807) is 0 Å². The van der Waals surface area contributed by atoms with E-state index in [9.17, 15) is 0 Å². The molecule has 0 bridgehead atoms. The highest BCUT2D eigenvalue weighted by Crippen LogP contribution is 2.41. The predicted molar refractivity (Wildman–Crippen MR) is 77.0 cm³/mol. The summed E-state index contributed by atoms with van der Waals surface area (Å²) in [6, 6.07) is 6.00. The molecule has 2 aromatic rings. The van der Waals surface area contributed by atoms with Crippen LogP contribution in [0, 0.1) is 6.92 Å². The summed E-state index contributed by atoms with van der Waals surface area (Å²) in [7, 11) is 1.92. The summed E-state index contributed by atoms with van der Waals surface area (Å²) < 4.78 is 8.92. The number of aryl methyl sites for hydroxylation is 2. The fourth-order valence-electron chi connectivity index (χ4n) is 2.60. The quantitative estimate of drug-likeness (QED) is 0.878. The highest BCUT2D eigenvalue weighted by Gasteiger charge is 2.29. The number of benzene rings is 1. The molecule has 19 heavy (non-hydrogen) atoms. The third-order valence-corrected chi connectivity index (χ3v) is 4.00. The van der Waals surface area contributed by atoms with E-state index in [-0.39, 0.29) is 12.1 Å². The van der Waals surface area contributed by atoms with Crippen molar-refractivity contribution < 1.29 is 4.74 Å². The number of nitrogens with zero attached hydrogens (tertiary/aromatic N) is 2. The molecule has 0 saturated heterocycles. The first-order chi connectivity index (χ1) is 9.04. The summed E-state index contributed by atoms with van der Waals surface area (Å²) in [6.07, 6.45) is 2.77. The zero-order valence-electron chi connectivity index (χ0n) is 10.9. The minimum absolute atomic E-state index is 0.00135. The van der Waals surface area contributed by atoms with Gasteiger partial charge in [-0.25, -0.2) is 0 Å². The first-order valence-corrected chi connectivity index (χ1v) is 7.05. The van der Waals surface area contributed by atoms with Crippen LogP contribution in [0.5, 0.6) is 5.75 Å². The van der Waals surface area contributed by atoms with Crippen molar-refractivity contribution in [2.45, 2.75) is 25.5 Å². The van der Waals surface area contributed by atoms with Crippen LogP contribution < -0.4 is 10.5 Å². The number of hydrogen-bond acceptors (Lipinski definition) is 3. The van der Waals surface area contributed by atoms with E-state index in [1.165, 1.54) is 0 Å². The van der Waals surface area contributed by atoms with E-state index >= 15 is 0 Å². The maximum Gasteiger partial charge on any atom is 0.129 e. The first-order valence-electron chi connectivity index (χ1n) is 6.26. The molecule has 2 atom stereocenters. The standard InChI is InChI=1S/C14H16BrN3O/c1-8-11(7-18(2)17-8)14-6-12(16)10-4-3-9(15)5-13(10)19-14/h3-5,7,12,14H,6,16H2,1-2H3. The first kappa shape index (κ1) is 12.7. The van der Waals surface area contributed by atoms with E-state index < -0.39 is 0 Å². The molecule has 0 aliphatic carbocycles. The summed E-state index contributed by atoms with van der Waals surface area (Å²) >= 11 is 3.47. The largest absolute Gasteiger partial charge is 0.485 e. The lowest BCUT2D eigenvalue weighted by Gasteiger charge is -2.30. The van der Waals surface area contributed by atoms with E-state index in [0.717, 1.165) is 33.5 Å². The smallest absolute Gasteiger partial charge is 0.129 e. The van der Waals surface area contributed by atoms with Crippen LogP contribution in [-0.4, -0.2) is 9.78 Å². The molecule has 5 heteroatoms. The van der Waals surface area contributed by atoms with Gasteiger partial charge in [-0.2, -0.15) is 5.10 Å². The van der Waals surface area contributed by atoms with Gasteiger partial charge in [-0.05, 0) is 19.1 Å². The molecule has 100 valence electrons. The molecule has 3 rings (SSSR count). The van der Waals surface area contributed by atoms with Crippen LogP contribution in [0.4, 0.5) is 0 Å². The number of fused-ring (bicyclic) bond motifs is 1. The van der Waals surface area contributed by atoms with Crippen LogP contribution in [0.15, 0.2) is 28.9 Å². The van der Waals surface area contributed by atoms with Crippen molar-refractivity contribution in [3.63, 3.8) is 0 Å². The second-order valence-corrected chi connectivity index (χ2v) is 5.89. The molecule has 0 fully saturated rings. The zero-order chi connectivity index (χ0) is 13.6. The topological polar surface area (TPSA) is 53.1 Å². The summed E-state index contributed by atoms with van der Waals surface area (Å²) in [4.78, 5) is 0. The molecule has 2 heterocycles. The van der Waals surface area contributed by atoms with Crippen molar-refractivity contribution >= 4 is 15.9 Å². The minimum atomic E-state index is -0.0227. The fraction of sp³-hybridized carbons (Fsp3) is 0.357. The molecule has 1 aliphatic heterocycles. The Hall–Kier alpha value is -1.33. The Labute approximate surface area is 120 Å². The molecule has 0 saturated carbocycles. The van der Waals surface area contributed by atoms with Crippen molar-refractivity contribution in [3.8, 4) is 5.75 Å². The zero-order valence-corrected chi connectivity index (χ0v) is 12.5. The highest BCUT2D eigenvalue weighted by molar-refractivity contribution is 9.10. The lowest BCUT2D eigenvalue weighted by molar-refractivity contribution is 0.160. The number of rotatable bonds is 1. The van der Waals surface area contributed by atoms with Gasteiger partial charge >= 0.3 is 0 Å². The molecule has 1 aromatic carbocycles. The van der Waals surface area contributed by atoms with Crippen molar-refractivity contribution in [2.24, 2.45) is 12.8 Å². The van der Waals surface area contributed by atoms with Crippen LogP contribution in [0.3, 0.4) is 0 Å². The summed E-state index contributed by atoms with van der Waals surface area (Å²) in [5.41, 5.74) is 9.44. The Morgan fingerprint density at radius 1 is 1.42 bits per heavy atom. The van der Waals surface area contributed by atoms with Crippen LogP contribution in [0.25, 0.3) is 0 Å². The van der Waals surface area contributed by atoms with Gasteiger partial charge < -0.3 is 10.5 Å². The van der Waals surface area contributed by atoms with Crippen LogP contribution in [0.1, 0.15) is 35.4 Å². The second kappa shape index (κ2) is 4.65. The maximum atomic E-state index is 6.26. The Morgan fingerprint density at radius 3 is 2.89 bits per heavy atom. The second-order valence-electron chi connectivity index (χ2n) is 4.97. The number of hydrogen-bond donors (Lipinski definition) is 1. The van der Waals surface area contributed by atoms with Crippen molar-refractivity contribution in [1.82, 2.24) is 9.78 Å². The number of nitrogens with two attached hydrogens (primary N) is 1. The van der Waals surface area contributed by atoms with Crippen LogP contribution >= 0.6 is 15.9 Å². The van der Waals surface area contributed by atoms with Gasteiger partial charge in [0, 0.05) is 41.3 Å². The van der Waals surface area contributed by atoms with E-state index in [1.807, 2.05) is 43.0 Å². The van der Waals surface area contributed by atoms with Gasteiger partial charge in [-0.3, -0.25) is 4.68 Å². The molecular formula is C14H16BrN3O. The lowest BCUT2D eigenvalue weighted by Crippen LogP contribution is -2.24. The van der Waals surface area contributed by atoms with Gasteiger partial charge in [0.05, 0.1) is 5.69 Å². The molecule has 1 aliphatic rings. The maximum absolute atomic E-state index is 6.26. The van der Waals surface area contributed by atoms with Crippen molar-refractivity contribution in [1.29, 1.82) is 0 Å². The number of ether oxygens (including phenoxy) is 1. The fourth-order valence-corrected chi connectivity index (χ4v) is 2.94. The van der Waals surface area contributed by atoms with Gasteiger partial charge in [0.2, 0.25) is 0 Å². The summed E-state index contributed by atoms with van der Waals surface area (Å²) in [5.74, 6) is 0.862. The average molecular weight is 322 g/mol. The number of aromatic nitrogens is 2. The molecule has 4 nitrogen and oxygen atoms in total. The molecule has 2 unspecified atom stereocenters. The Kier molecular flexibility index (Phi) is 3.11. The Balaban J connectivity index is 1.98. The van der Waals surface area contributed by atoms with Gasteiger partial charge in [-0.15, -0.1) is 0 Å². The third kappa shape index (κ3) is 2.28. The third-order valence-electron chi connectivity index (χ3n) is 3.51. The molecule has 2 N–H and O–H groups in total. The Morgan fingerprint density at radius 2 is 2.21 bits per heavy atom. The molecule has 0 amide bonds. The molecule has 0 spiro atoms. The van der Waals surface area contributed by atoms with Crippen molar-refractivity contribution in [2.75, 3.05) is 0 Å². The average Bonchev–Trinajstić information content (AvgIpc) is 2.67. The molecular weight excluding hydrogens is 306 g/mol. The highest BCUT2D eigenvalue weighted by atomic mass is 79.9. The Bertz CT molecular complexity index is 623. The van der Waals surface area contributed by atoms with Gasteiger partial charge in [-0.1, -0.05) is 22.0 Å². The van der Waals surface area contributed by atoms with E-state index in [0.29, 0.717) is 0 Å². The van der Waals surface area contributed by atoms with Crippen molar-refractivity contribution in [3.05, 3.63) is 45.7 Å².